The smallest absolute Gasteiger partial charge is 0.334 e. The van der Waals surface area contributed by atoms with Gasteiger partial charge in [0.2, 0.25) is 0 Å². The normalized spacial score (nSPS) is 12.3. The van der Waals surface area contributed by atoms with Crippen LogP contribution in [-0.2, 0) is 19.6 Å². The fraction of sp³-hybridized carbons (Fsp3) is 0.875. The van der Waals surface area contributed by atoms with Crippen LogP contribution < -0.4 is 0 Å². The monoisotopic (exact) mass is 241 g/mol. The summed E-state index contributed by atoms with van der Waals surface area (Å²) >= 11 is 0. The van der Waals surface area contributed by atoms with E-state index in [1.54, 1.807) is 0 Å². The fourth-order valence-electron chi connectivity index (χ4n) is 0.438. The van der Waals surface area contributed by atoms with Crippen molar-refractivity contribution in [2.75, 3.05) is 12.9 Å². The summed E-state index contributed by atoms with van der Waals surface area (Å²) in [5.74, 6) is -0.534. The molecule has 6 nitrogen and oxygen atoms in total. The number of carbonyl (C=O) groups excluding carboxylic acids is 1. The lowest BCUT2D eigenvalue weighted by Gasteiger charge is -2.04. The van der Waals surface area contributed by atoms with Crippen molar-refractivity contribution in [2.45, 2.75) is 32.8 Å². The Morgan fingerprint density at radius 2 is 1.93 bits per heavy atom. The minimum absolute atomic E-state index is 0.417. The Labute approximate surface area is 90.0 Å². The molecule has 1 N–H and O–H groups in total. The van der Waals surface area contributed by atoms with E-state index in [1.165, 1.54) is 6.92 Å². The maximum atomic E-state index is 10.5. The SMILES string of the molecule is CCCCOC(=O)C(C)O.CS(=O)(=O)[O-]. The maximum absolute atomic E-state index is 10.5. The van der Waals surface area contributed by atoms with Gasteiger partial charge in [0.15, 0.2) is 0 Å². The summed E-state index contributed by atoms with van der Waals surface area (Å²) in [5.41, 5.74) is 0. The van der Waals surface area contributed by atoms with Gasteiger partial charge in [0, 0.05) is 6.26 Å². The highest BCUT2D eigenvalue weighted by Gasteiger charge is 2.08. The van der Waals surface area contributed by atoms with Crippen molar-refractivity contribution in [3.63, 3.8) is 0 Å². The van der Waals surface area contributed by atoms with Crippen LogP contribution in [0.25, 0.3) is 0 Å². The molecule has 0 saturated carbocycles. The number of aliphatic hydroxyl groups excluding tert-OH is 1. The molecule has 0 rings (SSSR count). The molecule has 0 aromatic heterocycles. The largest absolute Gasteiger partial charge is 0.748 e. The highest BCUT2D eigenvalue weighted by atomic mass is 32.2. The second-order valence-electron chi connectivity index (χ2n) is 2.90. The first-order chi connectivity index (χ1) is 6.68. The van der Waals surface area contributed by atoms with Crippen molar-refractivity contribution in [2.24, 2.45) is 0 Å². The standard InChI is InChI=1S/C7H14O3.CH4O3S/c1-3-4-5-10-7(9)6(2)8;1-5(2,3)4/h6,8H,3-5H2,1-2H3;1H3,(H,2,3,4)/p-1. The number of unbranched alkanes of at least 4 members (excludes halogenated alkanes) is 1. The van der Waals surface area contributed by atoms with Crippen molar-refractivity contribution in [3.8, 4) is 0 Å². The summed E-state index contributed by atoms with van der Waals surface area (Å²) in [6, 6.07) is 0. The zero-order valence-electron chi connectivity index (χ0n) is 9.10. The number of hydrogen-bond donors (Lipinski definition) is 1. The molecule has 0 amide bonds. The van der Waals surface area contributed by atoms with Crippen LogP contribution in [-0.4, -0.2) is 43.0 Å². The van der Waals surface area contributed by atoms with Crippen molar-refractivity contribution < 1.29 is 27.6 Å². The Kier molecular flexibility index (Phi) is 9.64. The van der Waals surface area contributed by atoms with Gasteiger partial charge in [-0.15, -0.1) is 0 Å². The van der Waals surface area contributed by atoms with Crippen LogP contribution in [0.4, 0.5) is 0 Å². The third-order valence-corrected chi connectivity index (χ3v) is 1.08. The highest BCUT2D eigenvalue weighted by molar-refractivity contribution is 7.84. The number of esters is 1. The summed E-state index contributed by atoms with van der Waals surface area (Å²) in [5, 5.41) is 8.65. The molecule has 7 heteroatoms. The van der Waals surface area contributed by atoms with E-state index in [9.17, 15) is 4.79 Å². The van der Waals surface area contributed by atoms with Crippen LogP contribution in [0.3, 0.4) is 0 Å². The molecule has 15 heavy (non-hydrogen) atoms. The molecule has 0 aromatic carbocycles. The van der Waals surface area contributed by atoms with E-state index in [1.807, 2.05) is 6.92 Å². The van der Waals surface area contributed by atoms with E-state index in [2.05, 4.69) is 4.74 Å². The van der Waals surface area contributed by atoms with Gasteiger partial charge in [-0.3, -0.25) is 0 Å². The van der Waals surface area contributed by atoms with Gasteiger partial charge in [-0.2, -0.15) is 0 Å². The topological polar surface area (TPSA) is 104 Å². The minimum atomic E-state index is -3.92. The minimum Gasteiger partial charge on any atom is -0.748 e. The molecule has 0 fully saturated rings. The van der Waals surface area contributed by atoms with Gasteiger partial charge in [0.1, 0.15) is 6.10 Å². The molecule has 0 spiro atoms. The maximum Gasteiger partial charge on any atom is 0.334 e. The zero-order valence-corrected chi connectivity index (χ0v) is 9.91. The highest BCUT2D eigenvalue weighted by Crippen LogP contribution is 1.91. The molecule has 0 bridgehead atoms. The van der Waals surface area contributed by atoms with E-state index >= 15 is 0 Å². The Morgan fingerprint density at radius 1 is 1.53 bits per heavy atom. The van der Waals surface area contributed by atoms with E-state index in [0.717, 1.165) is 12.8 Å². The number of ether oxygens (including phenoxy) is 1. The van der Waals surface area contributed by atoms with Crippen LogP contribution in [0.1, 0.15) is 26.7 Å². The van der Waals surface area contributed by atoms with E-state index in [-0.39, 0.29) is 0 Å². The molecule has 0 heterocycles. The molecule has 0 aliphatic rings. The average Bonchev–Trinajstić information content (AvgIpc) is 2.01. The quantitative estimate of drug-likeness (QED) is 0.418. The number of hydrogen-bond acceptors (Lipinski definition) is 6. The van der Waals surface area contributed by atoms with Gasteiger partial charge in [-0.05, 0) is 13.3 Å². The van der Waals surface area contributed by atoms with E-state index in [4.69, 9.17) is 18.1 Å². The van der Waals surface area contributed by atoms with Gasteiger partial charge in [-0.1, -0.05) is 13.3 Å². The van der Waals surface area contributed by atoms with Crippen LogP contribution in [0.2, 0.25) is 0 Å². The molecule has 0 aliphatic carbocycles. The van der Waals surface area contributed by atoms with Crippen molar-refractivity contribution >= 4 is 16.1 Å². The van der Waals surface area contributed by atoms with Crippen LogP contribution in [0, 0.1) is 0 Å². The molecule has 0 aromatic rings. The first-order valence-corrected chi connectivity index (χ1v) is 6.25. The molecule has 0 radical (unpaired) electrons. The van der Waals surface area contributed by atoms with Crippen LogP contribution in [0.15, 0.2) is 0 Å². The summed E-state index contributed by atoms with van der Waals surface area (Å²) in [7, 11) is -3.92. The first-order valence-electron chi connectivity index (χ1n) is 4.44. The fourth-order valence-corrected chi connectivity index (χ4v) is 0.438. The summed E-state index contributed by atoms with van der Waals surface area (Å²) < 4.78 is 31.9. The summed E-state index contributed by atoms with van der Waals surface area (Å²) in [6.07, 6.45) is 1.47. The Hall–Kier alpha value is -0.660. The lowest BCUT2D eigenvalue weighted by Crippen LogP contribution is -2.19. The second-order valence-corrected chi connectivity index (χ2v) is 4.31. The number of rotatable bonds is 4. The number of carbonyl (C=O) groups is 1. The molecule has 0 aliphatic heterocycles. The first kappa shape index (κ1) is 16.8. The van der Waals surface area contributed by atoms with Crippen molar-refractivity contribution in [3.05, 3.63) is 0 Å². The summed E-state index contributed by atoms with van der Waals surface area (Å²) in [6.45, 7) is 3.82. The molecule has 1 unspecified atom stereocenters. The second kappa shape index (κ2) is 8.63. The Morgan fingerprint density at radius 3 is 2.20 bits per heavy atom. The van der Waals surface area contributed by atoms with Gasteiger partial charge in [0.25, 0.3) is 0 Å². The average molecular weight is 241 g/mol. The molecule has 1 atom stereocenters. The molecule has 0 saturated heterocycles. The van der Waals surface area contributed by atoms with Gasteiger partial charge in [-0.25, -0.2) is 13.2 Å². The Balaban J connectivity index is 0. The third-order valence-electron chi connectivity index (χ3n) is 1.08. The van der Waals surface area contributed by atoms with Gasteiger partial charge < -0.3 is 14.4 Å². The third kappa shape index (κ3) is 24.7. The van der Waals surface area contributed by atoms with E-state index in [0.29, 0.717) is 12.9 Å². The van der Waals surface area contributed by atoms with Gasteiger partial charge >= 0.3 is 5.97 Å². The predicted molar refractivity (Wildman–Crippen MR) is 53.2 cm³/mol. The Bertz CT molecular complexity index is 248. The predicted octanol–water partition coefficient (Wildman–Crippen LogP) is -0.128. The van der Waals surface area contributed by atoms with Crippen molar-refractivity contribution in [1.29, 1.82) is 0 Å². The van der Waals surface area contributed by atoms with E-state index < -0.39 is 22.2 Å². The van der Waals surface area contributed by atoms with Crippen LogP contribution >= 0.6 is 0 Å². The zero-order chi connectivity index (χ0) is 12.5. The molecular weight excluding hydrogens is 224 g/mol. The molecular formula is C8H17O6S-. The van der Waals surface area contributed by atoms with Gasteiger partial charge in [0.05, 0.1) is 16.7 Å². The molecule has 92 valence electrons. The lowest BCUT2D eigenvalue weighted by atomic mass is 10.3. The summed E-state index contributed by atoms with van der Waals surface area (Å²) in [4.78, 5) is 10.5. The number of aliphatic hydroxyl groups is 1. The van der Waals surface area contributed by atoms with Crippen LogP contribution in [0.5, 0.6) is 0 Å². The lowest BCUT2D eigenvalue weighted by molar-refractivity contribution is -0.152. The van der Waals surface area contributed by atoms with Crippen molar-refractivity contribution in [1.82, 2.24) is 0 Å².